The molecule has 72 valence electrons. The maximum atomic E-state index is 10.8. The van der Waals surface area contributed by atoms with E-state index in [1.54, 1.807) is 0 Å². The molecule has 0 spiro atoms. The highest BCUT2D eigenvalue weighted by molar-refractivity contribution is 8.13. The first-order valence-corrected chi connectivity index (χ1v) is 6.33. The molecular formula is C7H13ClO3S. The van der Waals surface area contributed by atoms with Crippen LogP contribution in [0.1, 0.15) is 20.3 Å². The molecule has 0 aromatic heterocycles. The smallest absolute Gasteiger partial charge is 0.235 e. The Bertz CT molecular complexity index is 258. The first-order chi connectivity index (χ1) is 5.31. The van der Waals surface area contributed by atoms with Gasteiger partial charge in [0.25, 0.3) is 0 Å². The highest BCUT2D eigenvalue weighted by atomic mass is 35.7. The molecule has 0 aliphatic carbocycles. The molecule has 1 unspecified atom stereocenters. The third-order valence-corrected chi connectivity index (χ3v) is 3.37. The van der Waals surface area contributed by atoms with Crippen LogP contribution in [0.5, 0.6) is 0 Å². The van der Waals surface area contributed by atoms with Crippen LogP contribution < -0.4 is 0 Å². The SMILES string of the molecule is CC1(C)CCOC1CS(=O)(=O)Cl. The summed E-state index contributed by atoms with van der Waals surface area (Å²) in [5.41, 5.74) is -0.0675. The molecule has 1 atom stereocenters. The number of rotatable bonds is 2. The zero-order valence-electron chi connectivity index (χ0n) is 7.21. The van der Waals surface area contributed by atoms with Crippen LogP contribution in [-0.4, -0.2) is 26.9 Å². The maximum Gasteiger partial charge on any atom is 0.235 e. The predicted molar refractivity (Wildman–Crippen MR) is 47.8 cm³/mol. The van der Waals surface area contributed by atoms with E-state index in [4.69, 9.17) is 15.4 Å². The Balaban J connectivity index is 2.65. The molecule has 1 fully saturated rings. The van der Waals surface area contributed by atoms with Crippen LogP contribution in [0.25, 0.3) is 0 Å². The van der Waals surface area contributed by atoms with E-state index in [-0.39, 0.29) is 17.3 Å². The van der Waals surface area contributed by atoms with Crippen LogP contribution in [0, 0.1) is 5.41 Å². The molecule has 1 aliphatic heterocycles. The largest absolute Gasteiger partial charge is 0.377 e. The third kappa shape index (κ3) is 2.61. The summed E-state index contributed by atoms with van der Waals surface area (Å²) in [4.78, 5) is 0. The van der Waals surface area contributed by atoms with Gasteiger partial charge in [0.1, 0.15) is 0 Å². The number of hydrogen-bond acceptors (Lipinski definition) is 3. The fourth-order valence-electron chi connectivity index (χ4n) is 1.31. The van der Waals surface area contributed by atoms with E-state index < -0.39 is 9.05 Å². The monoisotopic (exact) mass is 212 g/mol. The molecule has 1 heterocycles. The Morgan fingerprint density at radius 1 is 1.58 bits per heavy atom. The van der Waals surface area contributed by atoms with Gasteiger partial charge in [-0.15, -0.1) is 0 Å². The van der Waals surface area contributed by atoms with Gasteiger partial charge in [0, 0.05) is 17.3 Å². The second-order valence-electron chi connectivity index (χ2n) is 3.80. The van der Waals surface area contributed by atoms with Crippen molar-refractivity contribution in [2.24, 2.45) is 5.41 Å². The van der Waals surface area contributed by atoms with Crippen molar-refractivity contribution in [2.75, 3.05) is 12.4 Å². The quantitative estimate of drug-likeness (QED) is 0.650. The minimum Gasteiger partial charge on any atom is -0.377 e. The van der Waals surface area contributed by atoms with Crippen LogP contribution in [0.15, 0.2) is 0 Å². The first kappa shape index (κ1) is 10.3. The van der Waals surface area contributed by atoms with Gasteiger partial charge in [0.2, 0.25) is 9.05 Å². The normalized spacial score (nSPS) is 29.1. The van der Waals surface area contributed by atoms with Crippen molar-refractivity contribution in [3.8, 4) is 0 Å². The molecule has 1 saturated heterocycles. The lowest BCUT2D eigenvalue weighted by Gasteiger charge is -2.23. The van der Waals surface area contributed by atoms with Crippen molar-refractivity contribution in [3.05, 3.63) is 0 Å². The molecule has 3 nitrogen and oxygen atoms in total. The molecule has 0 N–H and O–H groups in total. The summed E-state index contributed by atoms with van der Waals surface area (Å²) in [5, 5.41) is 0. The van der Waals surface area contributed by atoms with Crippen molar-refractivity contribution in [3.63, 3.8) is 0 Å². The molecule has 5 heteroatoms. The second kappa shape index (κ2) is 3.16. The molecule has 12 heavy (non-hydrogen) atoms. The molecule has 0 bridgehead atoms. The molecule has 1 rings (SSSR count). The molecule has 0 amide bonds. The van der Waals surface area contributed by atoms with Gasteiger partial charge >= 0.3 is 0 Å². The van der Waals surface area contributed by atoms with Gasteiger partial charge in [-0.2, -0.15) is 0 Å². The molecule has 0 aromatic carbocycles. The average molecular weight is 213 g/mol. The van der Waals surface area contributed by atoms with Gasteiger partial charge in [0.05, 0.1) is 11.9 Å². The lowest BCUT2D eigenvalue weighted by Crippen LogP contribution is -2.30. The van der Waals surface area contributed by atoms with E-state index >= 15 is 0 Å². The highest BCUT2D eigenvalue weighted by Crippen LogP contribution is 2.34. The summed E-state index contributed by atoms with van der Waals surface area (Å²) in [6.45, 7) is 4.61. The molecule has 0 saturated carbocycles. The standard InChI is InChI=1S/C7H13ClO3S/c1-7(2)3-4-11-6(7)5-12(8,9)10/h6H,3-5H2,1-2H3. The van der Waals surface area contributed by atoms with E-state index in [0.29, 0.717) is 6.61 Å². The van der Waals surface area contributed by atoms with Gasteiger partial charge in [-0.05, 0) is 11.8 Å². The van der Waals surface area contributed by atoms with Crippen LogP contribution in [-0.2, 0) is 13.8 Å². The van der Waals surface area contributed by atoms with E-state index in [0.717, 1.165) is 6.42 Å². The maximum absolute atomic E-state index is 10.8. The number of halogens is 1. The third-order valence-electron chi connectivity index (χ3n) is 2.29. The summed E-state index contributed by atoms with van der Waals surface area (Å²) < 4.78 is 26.8. The Morgan fingerprint density at radius 3 is 2.50 bits per heavy atom. The van der Waals surface area contributed by atoms with Crippen LogP contribution >= 0.6 is 10.7 Å². The fourth-order valence-corrected chi connectivity index (χ4v) is 2.56. The van der Waals surface area contributed by atoms with Crippen LogP contribution in [0.2, 0.25) is 0 Å². The first-order valence-electron chi connectivity index (χ1n) is 3.85. The van der Waals surface area contributed by atoms with E-state index in [1.165, 1.54) is 0 Å². The average Bonchev–Trinajstić information content (AvgIpc) is 2.07. The van der Waals surface area contributed by atoms with Crippen LogP contribution in [0.4, 0.5) is 0 Å². The van der Waals surface area contributed by atoms with Crippen molar-refractivity contribution in [2.45, 2.75) is 26.4 Å². The lowest BCUT2D eigenvalue weighted by molar-refractivity contribution is 0.0825. The molecule has 0 radical (unpaired) electrons. The minimum atomic E-state index is -3.43. The zero-order chi connectivity index (χ0) is 9.41. The Kier molecular flexibility index (Phi) is 2.71. The van der Waals surface area contributed by atoms with E-state index in [9.17, 15) is 8.42 Å². The minimum absolute atomic E-state index is 0.0675. The Labute approximate surface area is 77.5 Å². The zero-order valence-corrected chi connectivity index (χ0v) is 8.78. The van der Waals surface area contributed by atoms with Gasteiger partial charge in [0.15, 0.2) is 0 Å². The fraction of sp³-hybridized carbons (Fsp3) is 1.00. The van der Waals surface area contributed by atoms with Gasteiger partial charge < -0.3 is 4.74 Å². The summed E-state index contributed by atoms with van der Waals surface area (Å²) in [6, 6.07) is 0. The number of hydrogen-bond donors (Lipinski definition) is 0. The van der Waals surface area contributed by atoms with Crippen molar-refractivity contribution in [1.29, 1.82) is 0 Å². The Hall–Kier alpha value is 0.200. The van der Waals surface area contributed by atoms with E-state index in [2.05, 4.69) is 0 Å². The molecule has 1 aliphatic rings. The van der Waals surface area contributed by atoms with Crippen LogP contribution in [0.3, 0.4) is 0 Å². The van der Waals surface area contributed by atoms with Gasteiger partial charge in [-0.3, -0.25) is 0 Å². The summed E-state index contributed by atoms with van der Waals surface area (Å²) in [5.74, 6) is -0.0818. The van der Waals surface area contributed by atoms with Crippen molar-refractivity contribution in [1.82, 2.24) is 0 Å². The lowest BCUT2D eigenvalue weighted by atomic mass is 9.87. The second-order valence-corrected chi connectivity index (χ2v) is 6.63. The van der Waals surface area contributed by atoms with E-state index in [1.807, 2.05) is 13.8 Å². The van der Waals surface area contributed by atoms with Crippen molar-refractivity contribution < 1.29 is 13.2 Å². The summed E-state index contributed by atoms with van der Waals surface area (Å²) in [7, 11) is 1.70. The topological polar surface area (TPSA) is 43.4 Å². The summed E-state index contributed by atoms with van der Waals surface area (Å²) in [6.07, 6.45) is 0.643. The Morgan fingerprint density at radius 2 is 2.17 bits per heavy atom. The highest BCUT2D eigenvalue weighted by Gasteiger charge is 2.38. The van der Waals surface area contributed by atoms with Gasteiger partial charge in [-0.1, -0.05) is 13.8 Å². The number of ether oxygens (including phenoxy) is 1. The molecular weight excluding hydrogens is 200 g/mol. The summed E-state index contributed by atoms with van der Waals surface area (Å²) >= 11 is 0. The van der Waals surface area contributed by atoms with Crippen molar-refractivity contribution >= 4 is 19.7 Å². The molecule has 0 aromatic rings. The van der Waals surface area contributed by atoms with Gasteiger partial charge in [-0.25, -0.2) is 8.42 Å². The predicted octanol–water partition coefficient (Wildman–Crippen LogP) is 1.37.